The molecule has 1 aliphatic rings. The summed E-state index contributed by atoms with van der Waals surface area (Å²) >= 11 is 0. The fraction of sp³-hybridized carbons (Fsp3) is 0.500. The van der Waals surface area contributed by atoms with Gasteiger partial charge in [-0.2, -0.15) is 0 Å². The van der Waals surface area contributed by atoms with Crippen molar-refractivity contribution >= 4 is 11.8 Å². The van der Waals surface area contributed by atoms with Crippen molar-refractivity contribution in [1.29, 1.82) is 0 Å². The van der Waals surface area contributed by atoms with E-state index >= 15 is 0 Å². The Morgan fingerprint density at radius 3 is 2.92 bits per heavy atom. The number of ether oxygens (including phenoxy) is 1. The van der Waals surface area contributed by atoms with Crippen LogP contribution in [0.4, 0.5) is 0 Å². The standard InChI is InChI=1S/C8H10O4/c1-5(9)12-6-2-3-7(10)8(11)4-6/h2-3,6,8,11H,4H2,1H3/t6?,8-/m0/s1. The number of esters is 1. The summed E-state index contributed by atoms with van der Waals surface area (Å²) < 4.78 is 4.77. The first-order valence-corrected chi connectivity index (χ1v) is 3.67. The molecule has 0 bridgehead atoms. The Bertz CT molecular complexity index is 231. The van der Waals surface area contributed by atoms with Crippen LogP contribution in [-0.4, -0.2) is 29.1 Å². The molecule has 0 aliphatic heterocycles. The molecule has 0 spiro atoms. The largest absolute Gasteiger partial charge is 0.458 e. The van der Waals surface area contributed by atoms with E-state index in [2.05, 4.69) is 0 Å². The molecule has 0 saturated carbocycles. The van der Waals surface area contributed by atoms with Crippen molar-refractivity contribution in [3.8, 4) is 0 Å². The van der Waals surface area contributed by atoms with Gasteiger partial charge in [-0.3, -0.25) is 9.59 Å². The van der Waals surface area contributed by atoms with Crippen LogP contribution < -0.4 is 0 Å². The Labute approximate surface area is 69.8 Å². The lowest BCUT2D eigenvalue weighted by Gasteiger charge is -2.19. The molecule has 2 atom stereocenters. The molecule has 0 fully saturated rings. The van der Waals surface area contributed by atoms with E-state index in [1.165, 1.54) is 19.1 Å². The number of ketones is 1. The molecule has 66 valence electrons. The molecule has 1 aliphatic carbocycles. The lowest BCUT2D eigenvalue weighted by atomic mass is 10.0. The van der Waals surface area contributed by atoms with Gasteiger partial charge >= 0.3 is 5.97 Å². The van der Waals surface area contributed by atoms with Gasteiger partial charge in [-0.15, -0.1) is 0 Å². The van der Waals surface area contributed by atoms with Crippen LogP contribution in [0.25, 0.3) is 0 Å². The van der Waals surface area contributed by atoms with Gasteiger partial charge in [-0.1, -0.05) is 0 Å². The summed E-state index contributed by atoms with van der Waals surface area (Å²) in [5.74, 6) is -0.746. The Kier molecular flexibility index (Phi) is 2.60. The fourth-order valence-corrected chi connectivity index (χ4v) is 1.03. The highest BCUT2D eigenvalue weighted by Crippen LogP contribution is 2.11. The minimum absolute atomic E-state index is 0.162. The Hall–Kier alpha value is -1.16. The summed E-state index contributed by atoms with van der Waals surface area (Å²) in [5, 5.41) is 9.07. The molecule has 4 nitrogen and oxygen atoms in total. The van der Waals surface area contributed by atoms with E-state index in [9.17, 15) is 9.59 Å². The number of carbonyl (C=O) groups excluding carboxylic acids is 2. The summed E-state index contributed by atoms with van der Waals surface area (Å²) in [7, 11) is 0. The van der Waals surface area contributed by atoms with Gasteiger partial charge < -0.3 is 9.84 Å². The lowest BCUT2D eigenvalue weighted by molar-refractivity contribution is -0.147. The van der Waals surface area contributed by atoms with Gasteiger partial charge in [0.15, 0.2) is 5.78 Å². The molecule has 0 aromatic rings. The summed E-state index contributed by atoms with van der Waals surface area (Å²) in [6.45, 7) is 1.29. The van der Waals surface area contributed by atoms with Crippen LogP contribution in [0.1, 0.15) is 13.3 Å². The first-order valence-electron chi connectivity index (χ1n) is 3.67. The first kappa shape index (κ1) is 8.93. The van der Waals surface area contributed by atoms with Crippen molar-refractivity contribution in [3.05, 3.63) is 12.2 Å². The SMILES string of the molecule is CC(=O)OC1C=CC(=O)[C@@H](O)C1. The maximum Gasteiger partial charge on any atom is 0.303 e. The molecule has 0 radical (unpaired) electrons. The maximum atomic E-state index is 10.7. The number of hydrogen-bond acceptors (Lipinski definition) is 4. The summed E-state index contributed by atoms with van der Waals surface area (Å²) in [5.41, 5.74) is 0. The molecule has 0 aromatic heterocycles. The topological polar surface area (TPSA) is 63.6 Å². The van der Waals surface area contributed by atoms with Crippen LogP contribution in [0.2, 0.25) is 0 Å². The fourth-order valence-electron chi connectivity index (χ4n) is 1.03. The van der Waals surface area contributed by atoms with E-state index in [1.54, 1.807) is 0 Å². The van der Waals surface area contributed by atoms with Crippen molar-refractivity contribution in [3.63, 3.8) is 0 Å². The zero-order chi connectivity index (χ0) is 9.14. The molecular weight excluding hydrogens is 160 g/mol. The van der Waals surface area contributed by atoms with E-state index < -0.39 is 18.2 Å². The minimum atomic E-state index is -1.03. The third-order valence-electron chi connectivity index (χ3n) is 1.58. The highest BCUT2D eigenvalue weighted by molar-refractivity contribution is 5.94. The van der Waals surface area contributed by atoms with Crippen molar-refractivity contribution < 1.29 is 19.4 Å². The zero-order valence-corrected chi connectivity index (χ0v) is 6.69. The van der Waals surface area contributed by atoms with Crippen molar-refractivity contribution in [2.75, 3.05) is 0 Å². The highest BCUT2D eigenvalue weighted by atomic mass is 16.5. The summed E-state index contributed by atoms with van der Waals surface area (Å²) in [4.78, 5) is 21.2. The van der Waals surface area contributed by atoms with Gasteiger partial charge in [0.05, 0.1) is 0 Å². The second-order valence-electron chi connectivity index (χ2n) is 2.66. The van der Waals surface area contributed by atoms with Crippen LogP contribution in [0, 0.1) is 0 Å². The smallest absolute Gasteiger partial charge is 0.303 e. The van der Waals surface area contributed by atoms with E-state index in [1.807, 2.05) is 0 Å². The Morgan fingerprint density at radius 1 is 1.75 bits per heavy atom. The number of aliphatic hydroxyl groups is 1. The minimum Gasteiger partial charge on any atom is -0.458 e. The van der Waals surface area contributed by atoms with Gasteiger partial charge in [0, 0.05) is 13.3 Å². The normalized spacial score (nSPS) is 28.7. The van der Waals surface area contributed by atoms with Crippen molar-refractivity contribution in [1.82, 2.24) is 0 Å². The van der Waals surface area contributed by atoms with E-state index in [0.29, 0.717) is 0 Å². The lowest BCUT2D eigenvalue weighted by Crippen LogP contribution is -2.30. The van der Waals surface area contributed by atoms with Crippen LogP contribution in [0.5, 0.6) is 0 Å². The van der Waals surface area contributed by atoms with Gasteiger partial charge in [0.2, 0.25) is 0 Å². The zero-order valence-electron chi connectivity index (χ0n) is 6.69. The average molecular weight is 170 g/mol. The van der Waals surface area contributed by atoms with Crippen LogP contribution in [0.15, 0.2) is 12.2 Å². The molecule has 0 heterocycles. The van der Waals surface area contributed by atoms with Crippen molar-refractivity contribution in [2.45, 2.75) is 25.6 Å². The molecule has 0 saturated heterocycles. The molecule has 1 unspecified atom stereocenters. The Morgan fingerprint density at radius 2 is 2.42 bits per heavy atom. The molecule has 1 N–H and O–H groups in total. The van der Waals surface area contributed by atoms with Crippen LogP contribution in [-0.2, 0) is 14.3 Å². The predicted molar refractivity (Wildman–Crippen MR) is 40.3 cm³/mol. The average Bonchev–Trinajstić information content (AvgIpc) is 1.96. The third kappa shape index (κ3) is 2.17. The molecule has 0 amide bonds. The number of aliphatic hydroxyl groups excluding tert-OH is 1. The van der Waals surface area contributed by atoms with Gasteiger partial charge in [-0.25, -0.2) is 0 Å². The number of carbonyl (C=O) groups is 2. The Balaban J connectivity index is 2.55. The van der Waals surface area contributed by atoms with Gasteiger partial charge in [-0.05, 0) is 12.2 Å². The maximum absolute atomic E-state index is 10.7. The molecular formula is C8H10O4. The monoisotopic (exact) mass is 170 g/mol. The number of hydrogen-bond donors (Lipinski definition) is 1. The van der Waals surface area contributed by atoms with Gasteiger partial charge in [0.25, 0.3) is 0 Å². The number of rotatable bonds is 1. The molecule has 4 heteroatoms. The molecule has 1 rings (SSSR count). The first-order chi connectivity index (χ1) is 5.59. The van der Waals surface area contributed by atoms with Gasteiger partial charge in [0.1, 0.15) is 12.2 Å². The molecule has 0 aromatic carbocycles. The second kappa shape index (κ2) is 3.49. The van der Waals surface area contributed by atoms with E-state index in [4.69, 9.17) is 9.84 Å². The third-order valence-corrected chi connectivity index (χ3v) is 1.58. The van der Waals surface area contributed by atoms with E-state index in [0.717, 1.165) is 0 Å². The summed E-state index contributed by atoms with van der Waals surface area (Å²) in [6.07, 6.45) is 1.39. The second-order valence-corrected chi connectivity index (χ2v) is 2.66. The summed E-state index contributed by atoms with van der Waals surface area (Å²) in [6, 6.07) is 0. The molecule has 12 heavy (non-hydrogen) atoms. The highest BCUT2D eigenvalue weighted by Gasteiger charge is 2.23. The van der Waals surface area contributed by atoms with Crippen LogP contribution in [0.3, 0.4) is 0 Å². The van der Waals surface area contributed by atoms with Crippen molar-refractivity contribution in [2.24, 2.45) is 0 Å². The quantitative estimate of drug-likeness (QED) is 0.554. The van der Waals surface area contributed by atoms with E-state index in [-0.39, 0.29) is 12.2 Å². The van der Waals surface area contributed by atoms with Crippen LogP contribution >= 0.6 is 0 Å². The predicted octanol–water partition coefficient (Wildman–Crippen LogP) is -0.192.